The van der Waals surface area contributed by atoms with E-state index in [1.165, 1.54) is 31.2 Å². The maximum absolute atomic E-state index is 13.7. The Morgan fingerprint density at radius 1 is 1.17 bits per heavy atom. The van der Waals surface area contributed by atoms with Crippen LogP contribution in [-0.4, -0.2) is 17.7 Å². The van der Waals surface area contributed by atoms with Crippen LogP contribution in [0.15, 0.2) is 47.0 Å². The predicted octanol–water partition coefficient (Wildman–Crippen LogP) is 4.69. The van der Waals surface area contributed by atoms with Crippen LogP contribution in [0.5, 0.6) is 11.5 Å². The van der Waals surface area contributed by atoms with Crippen molar-refractivity contribution in [2.45, 2.75) is 20.1 Å². The van der Waals surface area contributed by atoms with Crippen LogP contribution in [-0.2, 0) is 6.61 Å². The first-order valence-corrected chi connectivity index (χ1v) is 8.23. The molecule has 0 aliphatic rings. The lowest BCUT2D eigenvalue weighted by atomic mass is 10.2. The van der Waals surface area contributed by atoms with Crippen molar-refractivity contribution in [3.8, 4) is 11.5 Å². The third-order valence-electron chi connectivity index (χ3n) is 3.82. The van der Waals surface area contributed by atoms with Gasteiger partial charge in [-0.05, 0) is 31.2 Å². The number of carbonyl (C=O) groups excluding carboxylic acids is 1. The van der Waals surface area contributed by atoms with Gasteiger partial charge in [-0.2, -0.15) is 8.78 Å². The van der Waals surface area contributed by atoms with Crippen molar-refractivity contribution >= 4 is 11.6 Å². The Labute approximate surface area is 162 Å². The average molecular weight is 410 g/mol. The molecule has 6 nitrogen and oxygen atoms in total. The number of anilines is 1. The number of carbonyl (C=O) groups is 1. The van der Waals surface area contributed by atoms with Crippen LogP contribution in [0.2, 0.25) is 0 Å². The molecule has 0 fully saturated rings. The van der Waals surface area contributed by atoms with Crippen molar-refractivity contribution in [2.75, 3.05) is 5.32 Å². The van der Waals surface area contributed by atoms with E-state index in [1.54, 1.807) is 0 Å². The van der Waals surface area contributed by atoms with E-state index in [4.69, 9.17) is 9.26 Å². The number of rotatable bonds is 7. The van der Waals surface area contributed by atoms with E-state index in [0.717, 1.165) is 12.1 Å². The molecule has 29 heavy (non-hydrogen) atoms. The Morgan fingerprint density at radius 2 is 1.93 bits per heavy atom. The fourth-order valence-electron chi connectivity index (χ4n) is 2.43. The summed E-state index contributed by atoms with van der Waals surface area (Å²) in [5, 5.41) is 6.05. The van der Waals surface area contributed by atoms with Crippen molar-refractivity contribution in [3.05, 3.63) is 71.1 Å². The van der Waals surface area contributed by atoms with E-state index >= 15 is 0 Å². The predicted molar refractivity (Wildman–Crippen MR) is 93.0 cm³/mol. The fourth-order valence-corrected chi connectivity index (χ4v) is 2.43. The Balaban J connectivity index is 1.78. The van der Waals surface area contributed by atoms with Crippen LogP contribution in [0.25, 0.3) is 0 Å². The molecule has 1 heterocycles. The van der Waals surface area contributed by atoms with Crippen LogP contribution >= 0.6 is 0 Å². The summed E-state index contributed by atoms with van der Waals surface area (Å²) in [4.78, 5) is 12.6. The van der Waals surface area contributed by atoms with Gasteiger partial charge in [0, 0.05) is 6.07 Å². The van der Waals surface area contributed by atoms with E-state index in [2.05, 4.69) is 15.2 Å². The van der Waals surface area contributed by atoms with Crippen LogP contribution in [0.1, 0.15) is 21.8 Å². The molecule has 0 saturated carbocycles. The molecule has 0 atom stereocenters. The van der Waals surface area contributed by atoms with Crippen LogP contribution in [0, 0.1) is 18.6 Å². The van der Waals surface area contributed by atoms with Crippen molar-refractivity contribution in [2.24, 2.45) is 0 Å². The molecule has 3 rings (SSSR count). The highest BCUT2D eigenvalue weighted by Gasteiger charge is 2.22. The summed E-state index contributed by atoms with van der Waals surface area (Å²) in [5.41, 5.74) is 0.0188. The zero-order valence-electron chi connectivity index (χ0n) is 14.9. The van der Waals surface area contributed by atoms with Crippen LogP contribution < -0.4 is 14.8 Å². The number of amides is 1. The maximum atomic E-state index is 13.7. The number of hydrogen-bond donors (Lipinski definition) is 1. The second kappa shape index (κ2) is 8.63. The number of halogens is 4. The molecule has 1 N–H and O–H groups in total. The lowest BCUT2D eigenvalue weighted by Crippen LogP contribution is -2.16. The Morgan fingerprint density at radius 3 is 2.66 bits per heavy atom. The largest absolute Gasteiger partial charge is 0.486 e. The van der Waals surface area contributed by atoms with E-state index in [-0.39, 0.29) is 40.8 Å². The zero-order chi connectivity index (χ0) is 21.0. The highest BCUT2D eigenvalue weighted by atomic mass is 19.3. The zero-order valence-corrected chi connectivity index (χ0v) is 14.9. The van der Waals surface area contributed by atoms with Gasteiger partial charge in [0.2, 0.25) is 0 Å². The first-order valence-electron chi connectivity index (χ1n) is 8.23. The molecule has 0 aliphatic heterocycles. The lowest BCUT2D eigenvalue weighted by molar-refractivity contribution is -0.0493. The standard InChI is InChI=1S/C19H14F4N2O4/c1-10-12(9-27-15-7-6-11(20)8-13(15)21)17(25-29-10)18(26)24-14-4-2-3-5-16(14)28-19(22)23/h2-8,19H,9H2,1H3,(H,24,26). The number of nitrogens with zero attached hydrogens (tertiary/aromatic N) is 1. The third-order valence-corrected chi connectivity index (χ3v) is 3.82. The second-order valence-corrected chi connectivity index (χ2v) is 5.76. The lowest BCUT2D eigenvalue weighted by Gasteiger charge is -2.11. The Hall–Kier alpha value is -3.56. The molecule has 0 spiro atoms. The number of para-hydroxylation sites is 2. The molecule has 0 bridgehead atoms. The number of ether oxygens (including phenoxy) is 2. The number of nitrogens with one attached hydrogen (secondary N) is 1. The maximum Gasteiger partial charge on any atom is 0.387 e. The molecule has 2 aromatic carbocycles. The van der Waals surface area contributed by atoms with Crippen molar-refractivity contribution in [3.63, 3.8) is 0 Å². The van der Waals surface area contributed by atoms with Crippen molar-refractivity contribution in [1.82, 2.24) is 5.16 Å². The SMILES string of the molecule is Cc1onc(C(=O)Nc2ccccc2OC(F)F)c1COc1ccc(F)cc1F. The molecule has 0 aliphatic carbocycles. The average Bonchev–Trinajstić information content (AvgIpc) is 3.03. The number of alkyl halides is 2. The van der Waals surface area contributed by atoms with Gasteiger partial charge in [0.25, 0.3) is 5.91 Å². The Kier molecular flexibility index (Phi) is 6.01. The summed E-state index contributed by atoms with van der Waals surface area (Å²) in [5.74, 6) is -2.68. The summed E-state index contributed by atoms with van der Waals surface area (Å²) in [7, 11) is 0. The number of benzene rings is 2. The molecule has 152 valence electrons. The number of aromatic nitrogens is 1. The highest BCUT2D eigenvalue weighted by Crippen LogP contribution is 2.27. The number of hydrogen-bond acceptors (Lipinski definition) is 5. The number of aryl methyl sites for hydroxylation is 1. The van der Waals surface area contributed by atoms with Gasteiger partial charge in [-0.25, -0.2) is 8.78 Å². The van der Waals surface area contributed by atoms with E-state index < -0.39 is 24.2 Å². The summed E-state index contributed by atoms with van der Waals surface area (Å²) in [6, 6.07) is 8.39. The van der Waals surface area contributed by atoms with Gasteiger partial charge < -0.3 is 19.3 Å². The van der Waals surface area contributed by atoms with Gasteiger partial charge >= 0.3 is 6.61 Å². The summed E-state index contributed by atoms with van der Waals surface area (Å²) in [6.45, 7) is -1.86. The van der Waals surface area contributed by atoms with Gasteiger partial charge in [0.05, 0.1) is 11.3 Å². The van der Waals surface area contributed by atoms with Crippen LogP contribution in [0.3, 0.4) is 0 Å². The van der Waals surface area contributed by atoms with E-state index in [1.807, 2.05) is 0 Å². The summed E-state index contributed by atoms with van der Waals surface area (Å²) in [6.07, 6.45) is 0. The van der Waals surface area contributed by atoms with E-state index in [9.17, 15) is 22.4 Å². The van der Waals surface area contributed by atoms with Gasteiger partial charge in [-0.15, -0.1) is 0 Å². The molecule has 0 saturated heterocycles. The van der Waals surface area contributed by atoms with Crippen molar-refractivity contribution in [1.29, 1.82) is 0 Å². The minimum absolute atomic E-state index is 0.00472. The second-order valence-electron chi connectivity index (χ2n) is 5.76. The molecule has 1 amide bonds. The third kappa shape index (κ3) is 4.84. The quantitative estimate of drug-likeness (QED) is 0.572. The Bertz CT molecular complexity index is 1020. The minimum atomic E-state index is -3.07. The van der Waals surface area contributed by atoms with E-state index in [0.29, 0.717) is 6.07 Å². The van der Waals surface area contributed by atoms with Crippen LogP contribution in [0.4, 0.5) is 23.2 Å². The summed E-state index contributed by atoms with van der Waals surface area (Å²) >= 11 is 0. The van der Waals surface area contributed by atoms with Crippen molar-refractivity contribution < 1.29 is 36.4 Å². The molecule has 10 heteroatoms. The molecular formula is C19H14F4N2O4. The monoisotopic (exact) mass is 410 g/mol. The topological polar surface area (TPSA) is 73.6 Å². The first kappa shape index (κ1) is 20.2. The van der Waals surface area contributed by atoms with Gasteiger partial charge in [-0.1, -0.05) is 17.3 Å². The molecular weight excluding hydrogens is 396 g/mol. The minimum Gasteiger partial charge on any atom is -0.486 e. The summed E-state index contributed by atoms with van der Waals surface area (Å²) < 4.78 is 66.4. The molecule has 3 aromatic rings. The first-order chi connectivity index (χ1) is 13.8. The molecule has 1 aromatic heterocycles. The normalized spacial score (nSPS) is 10.8. The highest BCUT2D eigenvalue weighted by molar-refractivity contribution is 6.04. The van der Waals surface area contributed by atoms with Gasteiger partial charge in [-0.3, -0.25) is 4.79 Å². The molecule has 0 unspecified atom stereocenters. The van der Waals surface area contributed by atoms with Gasteiger partial charge in [0.1, 0.15) is 23.9 Å². The smallest absolute Gasteiger partial charge is 0.387 e. The molecule has 0 radical (unpaired) electrons. The van der Waals surface area contributed by atoms with Gasteiger partial charge in [0.15, 0.2) is 17.3 Å². The fraction of sp³-hybridized carbons (Fsp3) is 0.158.